The second-order valence-electron chi connectivity index (χ2n) is 6.66. The van der Waals surface area contributed by atoms with Gasteiger partial charge in [-0.1, -0.05) is 48.5 Å². The van der Waals surface area contributed by atoms with Crippen LogP contribution in [0.2, 0.25) is 0 Å². The van der Waals surface area contributed by atoms with Crippen LogP contribution < -0.4 is 10.2 Å². The highest BCUT2D eigenvalue weighted by Crippen LogP contribution is 2.18. The lowest BCUT2D eigenvalue weighted by Crippen LogP contribution is -2.33. The molecule has 0 saturated carbocycles. The third-order valence-electron chi connectivity index (χ3n) is 4.44. The monoisotopic (exact) mass is 386 g/mol. The van der Waals surface area contributed by atoms with E-state index in [0.717, 1.165) is 11.3 Å². The molecule has 0 radical (unpaired) electrons. The van der Waals surface area contributed by atoms with E-state index in [4.69, 9.17) is 0 Å². The van der Waals surface area contributed by atoms with Crippen molar-refractivity contribution < 1.29 is 14.4 Å². The van der Waals surface area contributed by atoms with Crippen molar-refractivity contribution in [1.29, 1.82) is 0 Å². The molecule has 0 bridgehead atoms. The zero-order valence-corrected chi connectivity index (χ0v) is 16.2. The van der Waals surface area contributed by atoms with Gasteiger partial charge in [-0.25, -0.2) is 0 Å². The van der Waals surface area contributed by atoms with Crippen LogP contribution in [0.15, 0.2) is 84.9 Å². The van der Waals surface area contributed by atoms with E-state index in [0.29, 0.717) is 17.8 Å². The van der Waals surface area contributed by atoms with Crippen molar-refractivity contribution in [2.45, 2.75) is 19.9 Å². The van der Waals surface area contributed by atoms with Gasteiger partial charge in [0.2, 0.25) is 11.8 Å². The summed E-state index contributed by atoms with van der Waals surface area (Å²) in [4.78, 5) is 38.3. The van der Waals surface area contributed by atoms with Crippen molar-refractivity contribution in [3.63, 3.8) is 0 Å². The largest absolute Gasteiger partial charge is 0.326 e. The van der Waals surface area contributed by atoms with Gasteiger partial charge in [0, 0.05) is 16.9 Å². The molecular weight excluding hydrogens is 364 g/mol. The number of amides is 2. The first kappa shape index (κ1) is 20.0. The van der Waals surface area contributed by atoms with Gasteiger partial charge in [0.1, 0.15) is 6.42 Å². The number of Topliss-reactive ketones (excluding diaryl/α,β-unsaturated/α-hetero) is 1. The number of hydrogen-bond donors (Lipinski definition) is 1. The first-order valence-electron chi connectivity index (χ1n) is 9.33. The molecule has 2 amide bonds. The van der Waals surface area contributed by atoms with E-state index in [1.165, 1.54) is 6.92 Å². The topological polar surface area (TPSA) is 66.5 Å². The quantitative estimate of drug-likeness (QED) is 0.482. The normalized spacial score (nSPS) is 10.2. The van der Waals surface area contributed by atoms with Crippen molar-refractivity contribution in [3.05, 3.63) is 96.1 Å². The highest BCUT2D eigenvalue weighted by Gasteiger charge is 2.19. The molecule has 0 spiro atoms. The summed E-state index contributed by atoms with van der Waals surface area (Å²) in [5.41, 5.74) is 2.82. The van der Waals surface area contributed by atoms with Gasteiger partial charge in [0.15, 0.2) is 5.78 Å². The van der Waals surface area contributed by atoms with E-state index in [1.54, 1.807) is 29.2 Å². The Bertz CT molecular complexity index is 984. The first-order chi connectivity index (χ1) is 14.0. The van der Waals surface area contributed by atoms with Crippen molar-refractivity contribution in [3.8, 4) is 0 Å². The molecule has 0 unspecified atom stereocenters. The lowest BCUT2D eigenvalue weighted by Gasteiger charge is -2.23. The lowest BCUT2D eigenvalue weighted by atomic mass is 10.1. The molecule has 3 aromatic rings. The van der Waals surface area contributed by atoms with Crippen LogP contribution in [0.25, 0.3) is 0 Å². The molecule has 0 fully saturated rings. The van der Waals surface area contributed by atoms with Crippen LogP contribution in [0.1, 0.15) is 29.3 Å². The Hall–Kier alpha value is -3.73. The molecule has 1 N–H and O–H groups in total. The van der Waals surface area contributed by atoms with Crippen LogP contribution >= 0.6 is 0 Å². The van der Waals surface area contributed by atoms with Crippen LogP contribution in [0.3, 0.4) is 0 Å². The molecular formula is C24H22N2O3. The molecule has 0 aliphatic heterocycles. The Balaban J connectivity index is 1.70. The minimum Gasteiger partial charge on any atom is -0.326 e. The second kappa shape index (κ2) is 9.46. The number of anilines is 2. The fraction of sp³-hybridized carbons (Fsp3) is 0.125. The number of ketones is 1. The number of rotatable bonds is 7. The van der Waals surface area contributed by atoms with E-state index < -0.39 is 5.91 Å². The highest BCUT2D eigenvalue weighted by atomic mass is 16.2. The summed E-state index contributed by atoms with van der Waals surface area (Å²) < 4.78 is 0. The average molecular weight is 386 g/mol. The van der Waals surface area contributed by atoms with Gasteiger partial charge in [-0.15, -0.1) is 0 Å². The fourth-order valence-corrected chi connectivity index (χ4v) is 2.92. The van der Waals surface area contributed by atoms with Gasteiger partial charge < -0.3 is 10.2 Å². The number of para-hydroxylation sites is 1. The van der Waals surface area contributed by atoms with Crippen LogP contribution in [0, 0.1) is 0 Å². The van der Waals surface area contributed by atoms with Crippen LogP contribution in [0.4, 0.5) is 11.4 Å². The van der Waals surface area contributed by atoms with Gasteiger partial charge in [-0.3, -0.25) is 14.4 Å². The van der Waals surface area contributed by atoms with E-state index in [1.807, 2.05) is 60.7 Å². The Morgan fingerprint density at radius 3 is 1.97 bits per heavy atom. The van der Waals surface area contributed by atoms with Gasteiger partial charge >= 0.3 is 0 Å². The number of carbonyl (C=O) groups is 3. The molecule has 29 heavy (non-hydrogen) atoms. The fourth-order valence-electron chi connectivity index (χ4n) is 2.92. The minimum atomic E-state index is -0.403. The van der Waals surface area contributed by atoms with Gasteiger partial charge in [0.25, 0.3) is 0 Å². The highest BCUT2D eigenvalue weighted by molar-refractivity contribution is 6.09. The van der Waals surface area contributed by atoms with Crippen molar-refractivity contribution in [2.24, 2.45) is 0 Å². The third-order valence-corrected chi connectivity index (χ3v) is 4.44. The van der Waals surface area contributed by atoms with Crippen molar-refractivity contribution >= 4 is 29.0 Å². The number of hydrogen-bond acceptors (Lipinski definition) is 3. The van der Waals surface area contributed by atoms with Crippen LogP contribution in [0.5, 0.6) is 0 Å². The Morgan fingerprint density at radius 2 is 1.38 bits per heavy atom. The molecule has 0 atom stereocenters. The molecule has 5 heteroatoms. The van der Waals surface area contributed by atoms with E-state index in [2.05, 4.69) is 5.32 Å². The number of nitrogens with one attached hydrogen (secondary N) is 1. The standard InChI is InChI=1S/C24H22N2O3/c1-18(27)20-12-14-21(15-13-20)25-23(28)16-24(29)26(22-10-6-3-7-11-22)17-19-8-4-2-5-9-19/h2-15H,16-17H2,1H3,(H,25,28). The maximum Gasteiger partial charge on any atom is 0.236 e. The maximum atomic E-state index is 12.9. The maximum absolute atomic E-state index is 12.9. The SMILES string of the molecule is CC(=O)c1ccc(NC(=O)CC(=O)N(Cc2ccccc2)c2ccccc2)cc1. The summed E-state index contributed by atoms with van der Waals surface area (Å²) in [6.07, 6.45) is -0.282. The molecule has 5 nitrogen and oxygen atoms in total. The first-order valence-corrected chi connectivity index (χ1v) is 9.33. The molecule has 3 rings (SSSR count). The Morgan fingerprint density at radius 1 is 0.793 bits per heavy atom. The van der Waals surface area contributed by atoms with Crippen LogP contribution in [-0.2, 0) is 16.1 Å². The predicted molar refractivity (Wildman–Crippen MR) is 114 cm³/mol. The number of nitrogens with zero attached hydrogens (tertiary/aromatic N) is 1. The van der Waals surface area contributed by atoms with Crippen LogP contribution in [-0.4, -0.2) is 17.6 Å². The third kappa shape index (κ3) is 5.62. The Labute approximate surface area is 170 Å². The molecule has 0 aromatic heterocycles. The zero-order valence-electron chi connectivity index (χ0n) is 16.2. The molecule has 0 aliphatic rings. The molecule has 0 heterocycles. The van der Waals surface area contributed by atoms with E-state index >= 15 is 0 Å². The number of benzene rings is 3. The summed E-state index contributed by atoms with van der Waals surface area (Å²) in [7, 11) is 0. The predicted octanol–water partition coefficient (Wildman–Crippen LogP) is 4.45. The number of carbonyl (C=O) groups excluding carboxylic acids is 3. The van der Waals surface area contributed by atoms with E-state index in [9.17, 15) is 14.4 Å². The summed E-state index contributed by atoms with van der Waals surface area (Å²) >= 11 is 0. The average Bonchev–Trinajstić information content (AvgIpc) is 2.73. The molecule has 146 valence electrons. The van der Waals surface area contributed by atoms with E-state index in [-0.39, 0.29) is 18.1 Å². The minimum absolute atomic E-state index is 0.0440. The van der Waals surface area contributed by atoms with Crippen molar-refractivity contribution in [2.75, 3.05) is 10.2 Å². The summed E-state index contributed by atoms with van der Waals surface area (Å²) in [5, 5.41) is 2.71. The summed E-state index contributed by atoms with van der Waals surface area (Å²) in [6, 6.07) is 25.5. The smallest absolute Gasteiger partial charge is 0.236 e. The van der Waals surface area contributed by atoms with Gasteiger partial charge in [0.05, 0.1) is 6.54 Å². The molecule has 0 saturated heterocycles. The lowest BCUT2D eigenvalue weighted by molar-refractivity contribution is -0.125. The van der Waals surface area contributed by atoms with Crippen molar-refractivity contribution in [1.82, 2.24) is 0 Å². The summed E-state index contributed by atoms with van der Waals surface area (Å²) in [6.45, 7) is 1.86. The second-order valence-corrected chi connectivity index (χ2v) is 6.66. The summed E-state index contributed by atoms with van der Waals surface area (Å²) in [5.74, 6) is -0.741. The van der Waals surface area contributed by atoms with Gasteiger partial charge in [-0.2, -0.15) is 0 Å². The Kier molecular flexibility index (Phi) is 6.53. The molecule has 3 aromatic carbocycles. The van der Waals surface area contributed by atoms with Gasteiger partial charge in [-0.05, 0) is 48.9 Å². The molecule has 0 aliphatic carbocycles. The zero-order chi connectivity index (χ0) is 20.6.